The minimum absolute atomic E-state index is 0.110. The summed E-state index contributed by atoms with van der Waals surface area (Å²) in [5.74, 6) is 1.62. The fraction of sp³-hybridized carbons (Fsp3) is 0.125. The second kappa shape index (κ2) is 9.31. The number of fused-ring (bicyclic) bond motifs is 6. The first-order valence-electron chi connectivity index (χ1n) is 12.6. The van der Waals surface area contributed by atoms with E-state index >= 15 is 0 Å². The molecule has 0 spiro atoms. The molecule has 0 aromatic heterocycles. The van der Waals surface area contributed by atoms with Gasteiger partial charge in [0.2, 0.25) is 0 Å². The van der Waals surface area contributed by atoms with E-state index in [9.17, 15) is 0 Å². The molecule has 0 bridgehead atoms. The first-order valence-corrected chi connectivity index (χ1v) is 18.2. The molecule has 1 fully saturated rings. The molecule has 182 valence electrons. The zero-order chi connectivity index (χ0) is 25.0. The van der Waals surface area contributed by atoms with E-state index in [0.29, 0.717) is 10.0 Å². The van der Waals surface area contributed by atoms with Gasteiger partial charge in [-0.05, 0) is 0 Å². The molecule has 2 aliphatic carbocycles. The van der Waals surface area contributed by atoms with Crippen LogP contribution in [0.25, 0.3) is 12.2 Å². The molecule has 0 radical (unpaired) electrons. The summed E-state index contributed by atoms with van der Waals surface area (Å²) in [6.07, 6.45) is 6.77. The van der Waals surface area contributed by atoms with Gasteiger partial charge in [0.25, 0.3) is 0 Å². The Labute approximate surface area is 232 Å². The molecule has 5 heteroatoms. The van der Waals surface area contributed by atoms with E-state index < -0.39 is 21.1 Å². The van der Waals surface area contributed by atoms with Crippen LogP contribution in [-0.2, 0) is 21.1 Å². The minimum atomic E-state index is -4.34. The third kappa shape index (κ3) is 4.04. The van der Waals surface area contributed by atoms with E-state index in [1.54, 1.807) is 0 Å². The Balaban J connectivity index is 1.50. The van der Waals surface area contributed by atoms with Crippen LogP contribution in [0.15, 0.2) is 108 Å². The molecular formula is C32H24Cl2O2Zr. The summed E-state index contributed by atoms with van der Waals surface area (Å²) in [6.45, 7) is 0. The van der Waals surface area contributed by atoms with Gasteiger partial charge in [-0.3, -0.25) is 0 Å². The van der Waals surface area contributed by atoms with Gasteiger partial charge in [0.05, 0.1) is 0 Å². The van der Waals surface area contributed by atoms with Gasteiger partial charge in [-0.2, -0.15) is 0 Å². The van der Waals surface area contributed by atoms with Crippen LogP contribution >= 0.6 is 23.2 Å². The van der Waals surface area contributed by atoms with Crippen molar-refractivity contribution in [2.75, 3.05) is 0 Å². The Morgan fingerprint density at radius 2 is 0.946 bits per heavy atom. The summed E-state index contributed by atoms with van der Waals surface area (Å²) in [5, 5.41) is 1.38. The van der Waals surface area contributed by atoms with Crippen LogP contribution in [0.2, 0.25) is 10.0 Å². The van der Waals surface area contributed by atoms with Gasteiger partial charge in [0.1, 0.15) is 0 Å². The first kappa shape index (κ1) is 23.5. The predicted octanol–water partition coefficient (Wildman–Crippen LogP) is 9.51. The Morgan fingerprint density at radius 3 is 1.38 bits per heavy atom. The van der Waals surface area contributed by atoms with E-state index in [1.807, 2.05) is 48.5 Å². The fourth-order valence-electron chi connectivity index (χ4n) is 6.24. The van der Waals surface area contributed by atoms with Gasteiger partial charge in [0.15, 0.2) is 0 Å². The molecule has 37 heavy (non-hydrogen) atoms. The standard InChI is InChI=1S/C20H16.2C6H5ClO.Zr/c1-2-6-18-12-15(11-17(18)5-1)9-10-16-13-19-7-3-4-8-20(19)14-16;2*7-5-1-3-6(8)4-2-5;/h1-8,11-14H,9-10H2;2*1-4,8H;/q;;;+2/p-2. The van der Waals surface area contributed by atoms with Crippen LogP contribution in [0.3, 0.4) is 0 Å². The molecule has 1 saturated heterocycles. The molecule has 7 rings (SSSR count). The zero-order valence-corrected chi connectivity index (χ0v) is 24.0. The van der Waals surface area contributed by atoms with E-state index in [2.05, 4.69) is 60.7 Å². The normalized spacial score (nSPS) is 20.5. The van der Waals surface area contributed by atoms with Gasteiger partial charge in [-0.1, -0.05) is 0 Å². The summed E-state index contributed by atoms with van der Waals surface area (Å²) in [4.78, 5) is 0. The molecule has 2 unspecified atom stereocenters. The maximum atomic E-state index is 7.37. The summed E-state index contributed by atoms with van der Waals surface area (Å²) in [5.41, 5.74) is 8.05. The van der Waals surface area contributed by atoms with E-state index in [-0.39, 0.29) is 7.25 Å². The van der Waals surface area contributed by atoms with Crippen molar-refractivity contribution in [2.24, 2.45) is 0 Å². The van der Waals surface area contributed by atoms with Crippen molar-refractivity contribution >= 4 is 35.4 Å². The van der Waals surface area contributed by atoms with E-state index in [0.717, 1.165) is 24.3 Å². The van der Waals surface area contributed by atoms with Gasteiger partial charge < -0.3 is 0 Å². The van der Waals surface area contributed by atoms with Gasteiger partial charge >= 0.3 is 234 Å². The Bertz CT molecular complexity index is 1440. The first-order chi connectivity index (χ1) is 18.1. The molecule has 4 aromatic rings. The number of benzene rings is 4. The third-order valence-electron chi connectivity index (χ3n) is 7.73. The zero-order valence-electron chi connectivity index (χ0n) is 20.0. The SMILES string of the molecule is Clc1ccc([O][Zr]2([O]c3ccc(Cl)cc3)[CH]3C(=Cc4ccccc43)CCC3=Cc4ccccc4[CH]32)cc1. The number of hydrogen-bond donors (Lipinski definition) is 0. The van der Waals surface area contributed by atoms with Gasteiger partial charge in [-0.25, -0.2) is 0 Å². The van der Waals surface area contributed by atoms with Gasteiger partial charge in [-0.15, -0.1) is 0 Å². The molecule has 0 saturated carbocycles. The number of rotatable bonds is 4. The van der Waals surface area contributed by atoms with E-state index in [4.69, 9.17) is 28.8 Å². The maximum absolute atomic E-state index is 7.37. The van der Waals surface area contributed by atoms with Crippen molar-refractivity contribution in [1.29, 1.82) is 0 Å². The average molecular weight is 603 g/mol. The summed E-state index contributed by atoms with van der Waals surface area (Å²) in [6, 6.07) is 33.0. The fourth-order valence-corrected chi connectivity index (χ4v) is 18.1. The molecule has 1 aliphatic heterocycles. The average Bonchev–Trinajstić information content (AvgIpc) is 3.45. The number of hydrogen-bond acceptors (Lipinski definition) is 2. The topological polar surface area (TPSA) is 18.5 Å². The van der Waals surface area contributed by atoms with Crippen LogP contribution in [0, 0.1) is 0 Å². The van der Waals surface area contributed by atoms with Crippen molar-refractivity contribution in [3.05, 3.63) is 141 Å². The number of halogens is 2. The summed E-state index contributed by atoms with van der Waals surface area (Å²) < 4.78 is 15.0. The molecule has 3 aliphatic rings. The van der Waals surface area contributed by atoms with Crippen molar-refractivity contribution in [2.45, 2.75) is 20.1 Å². The third-order valence-corrected chi connectivity index (χ3v) is 18.3. The molecule has 2 atom stereocenters. The van der Waals surface area contributed by atoms with Crippen LogP contribution in [0.4, 0.5) is 0 Å². The van der Waals surface area contributed by atoms with Crippen molar-refractivity contribution in [3.8, 4) is 11.5 Å². The van der Waals surface area contributed by atoms with Gasteiger partial charge in [0, 0.05) is 0 Å². The second-order valence-corrected chi connectivity index (χ2v) is 18.2. The van der Waals surface area contributed by atoms with Crippen LogP contribution in [-0.4, -0.2) is 0 Å². The van der Waals surface area contributed by atoms with Crippen molar-refractivity contribution < 1.29 is 26.8 Å². The summed E-state index contributed by atoms with van der Waals surface area (Å²) >= 11 is 8.20. The van der Waals surface area contributed by atoms with Crippen LogP contribution < -0.4 is 5.63 Å². The Hall–Kier alpha value is -2.58. The Morgan fingerprint density at radius 1 is 0.541 bits per heavy atom. The second-order valence-electron chi connectivity index (χ2n) is 9.90. The molecule has 2 nitrogen and oxygen atoms in total. The Kier molecular flexibility index (Phi) is 5.92. The number of allylic oxidation sites excluding steroid dienone is 2. The molecular weight excluding hydrogens is 578 g/mol. The molecule has 0 N–H and O–H groups in total. The molecule has 0 amide bonds. The molecule has 1 heterocycles. The summed E-state index contributed by atoms with van der Waals surface area (Å²) in [7, 11) is 0. The molecule has 4 aromatic carbocycles. The quantitative estimate of drug-likeness (QED) is 0.232. The van der Waals surface area contributed by atoms with Crippen molar-refractivity contribution in [1.82, 2.24) is 0 Å². The predicted molar refractivity (Wildman–Crippen MR) is 148 cm³/mol. The monoisotopic (exact) mass is 600 g/mol. The van der Waals surface area contributed by atoms with E-state index in [1.165, 1.54) is 33.4 Å². The van der Waals surface area contributed by atoms with Crippen molar-refractivity contribution in [3.63, 3.8) is 0 Å². The van der Waals surface area contributed by atoms with Crippen LogP contribution in [0.1, 0.15) is 42.3 Å². The van der Waals surface area contributed by atoms with Crippen LogP contribution in [0.5, 0.6) is 11.5 Å².